The maximum Gasteiger partial charge on any atom is 0.128 e. The second-order valence-electron chi connectivity index (χ2n) is 3.70. The van der Waals surface area contributed by atoms with E-state index >= 15 is 0 Å². The van der Waals surface area contributed by atoms with Gasteiger partial charge in [-0.25, -0.2) is 4.98 Å². The number of hydrogen-bond acceptors (Lipinski definition) is 3. The molecule has 0 aromatic carbocycles. The Labute approximate surface area is 82.7 Å². The summed E-state index contributed by atoms with van der Waals surface area (Å²) in [6.07, 6.45) is 2.56. The summed E-state index contributed by atoms with van der Waals surface area (Å²) in [5.41, 5.74) is 6.20. The molecule has 3 nitrogen and oxygen atoms in total. The van der Waals surface area contributed by atoms with Crippen molar-refractivity contribution < 1.29 is 4.39 Å². The molecule has 76 valence electrons. The van der Waals surface area contributed by atoms with Crippen LogP contribution in [0.15, 0.2) is 18.3 Å². The van der Waals surface area contributed by atoms with Crippen LogP contribution in [-0.4, -0.2) is 24.7 Å². The summed E-state index contributed by atoms with van der Waals surface area (Å²) in [7, 11) is 0. The lowest BCUT2D eigenvalue weighted by Gasteiger charge is -2.16. The number of halogens is 1. The monoisotopic (exact) mass is 195 g/mol. The second-order valence-corrected chi connectivity index (χ2v) is 3.70. The van der Waals surface area contributed by atoms with Crippen LogP contribution in [0.4, 0.5) is 15.9 Å². The standard InChI is InChI=1S/C10H14FN3/c11-5-8-3-4-14(7-8)10-2-1-9(12)6-13-10/h1-2,6,8H,3-5,7,12H2. The third kappa shape index (κ3) is 1.78. The molecule has 2 rings (SSSR count). The van der Waals surface area contributed by atoms with Gasteiger partial charge in [0.2, 0.25) is 0 Å². The number of nitrogen functional groups attached to an aromatic ring is 1. The predicted molar refractivity (Wildman–Crippen MR) is 54.9 cm³/mol. The number of nitrogens with two attached hydrogens (primary N) is 1. The van der Waals surface area contributed by atoms with Crippen LogP contribution >= 0.6 is 0 Å². The molecule has 0 saturated carbocycles. The molecule has 0 amide bonds. The Hall–Kier alpha value is -1.32. The van der Waals surface area contributed by atoms with E-state index in [0.717, 1.165) is 25.3 Å². The average Bonchev–Trinajstić information content (AvgIpc) is 2.67. The molecule has 2 N–H and O–H groups in total. The summed E-state index contributed by atoms with van der Waals surface area (Å²) in [4.78, 5) is 6.31. The van der Waals surface area contributed by atoms with Crippen LogP contribution in [-0.2, 0) is 0 Å². The van der Waals surface area contributed by atoms with Crippen molar-refractivity contribution in [2.75, 3.05) is 30.4 Å². The first-order chi connectivity index (χ1) is 6.79. The fourth-order valence-electron chi connectivity index (χ4n) is 1.75. The summed E-state index contributed by atoms with van der Waals surface area (Å²) in [6, 6.07) is 3.71. The van der Waals surface area contributed by atoms with Crippen LogP contribution in [0.3, 0.4) is 0 Å². The maximum atomic E-state index is 12.4. The SMILES string of the molecule is Nc1ccc(N2CCC(CF)C2)nc1. The van der Waals surface area contributed by atoms with E-state index in [2.05, 4.69) is 9.88 Å². The lowest BCUT2D eigenvalue weighted by Crippen LogP contribution is -2.21. The Morgan fingerprint density at radius 1 is 1.57 bits per heavy atom. The zero-order chi connectivity index (χ0) is 9.97. The lowest BCUT2D eigenvalue weighted by atomic mass is 10.1. The van der Waals surface area contributed by atoms with Gasteiger partial charge in [0.05, 0.1) is 18.6 Å². The molecule has 2 heterocycles. The molecule has 1 saturated heterocycles. The van der Waals surface area contributed by atoms with Gasteiger partial charge in [-0.1, -0.05) is 0 Å². The van der Waals surface area contributed by atoms with E-state index in [9.17, 15) is 4.39 Å². The number of hydrogen-bond donors (Lipinski definition) is 1. The molecule has 1 aliphatic rings. The second kappa shape index (κ2) is 3.82. The van der Waals surface area contributed by atoms with Crippen LogP contribution in [0, 0.1) is 5.92 Å². The minimum atomic E-state index is -0.231. The van der Waals surface area contributed by atoms with Crippen molar-refractivity contribution in [1.82, 2.24) is 4.98 Å². The fraction of sp³-hybridized carbons (Fsp3) is 0.500. The van der Waals surface area contributed by atoms with Crippen LogP contribution in [0.1, 0.15) is 6.42 Å². The highest BCUT2D eigenvalue weighted by molar-refractivity contribution is 5.46. The highest BCUT2D eigenvalue weighted by Crippen LogP contribution is 2.22. The van der Waals surface area contributed by atoms with Crippen molar-refractivity contribution >= 4 is 11.5 Å². The van der Waals surface area contributed by atoms with Gasteiger partial charge in [0, 0.05) is 19.0 Å². The van der Waals surface area contributed by atoms with Crippen molar-refractivity contribution in [2.45, 2.75) is 6.42 Å². The summed E-state index contributed by atoms with van der Waals surface area (Å²) < 4.78 is 12.4. The highest BCUT2D eigenvalue weighted by Gasteiger charge is 2.22. The highest BCUT2D eigenvalue weighted by atomic mass is 19.1. The van der Waals surface area contributed by atoms with Gasteiger partial charge < -0.3 is 10.6 Å². The Kier molecular flexibility index (Phi) is 2.52. The third-order valence-corrected chi connectivity index (χ3v) is 2.60. The largest absolute Gasteiger partial charge is 0.397 e. The van der Waals surface area contributed by atoms with Crippen LogP contribution in [0.25, 0.3) is 0 Å². The Balaban J connectivity index is 2.06. The quantitative estimate of drug-likeness (QED) is 0.776. The lowest BCUT2D eigenvalue weighted by molar-refractivity contribution is 0.384. The van der Waals surface area contributed by atoms with Gasteiger partial charge >= 0.3 is 0 Å². The molecule has 1 aromatic rings. The summed E-state index contributed by atoms with van der Waals surface area (Å²) in [6.45, 7) is 1.43. The third-order valence-electron chi connectivity index (χ3n) is 2.60. The number of nitrogens with zero attached hydrogens (tertiary/aromatic N) is 2. The van der Waals surface area contributed by atoms with Crippen molar-refractivity contribution in [2.24, 2.45) is 5.92 Å². The molecule has 0 radical (unpaired) electrons. The molecule has 4 heteroatoms. The first kappa shape index (κ1) is 9.24. The normalized spacial score (nSPS) is 21.5. The molecule has 1 fully saturated rings. The molecule has 1 aliphatic heterocycles. The molecule has 0 spiro atoms. The minimum absolute atomic E-state index is 0.175. The van der Waals surface area contributed by atoms with Gasteiger partial charge in [0.15, 0.2) is 0 Å². The van der Waals surface area contributed by atoms with E-state index in [4.69, 9.17) is 5.73 Å². The van der Waals surface area contributed by atoms with Gasteiger partial charge in [-0.3, -0.25) is 4.39 Å². The molecular weight excluding hydrogens is 181 g/mol. The smallest absolute Gasteiger partial charge is 0.128 e. The van der Waals surface area contributed by atoms with Gasteiger partial charge in [0.25, 0.3) is 0 Å². The number of rotatable bonds is 2. The van der Waals surface area contributed by atoms with E-state index in [1.54, 1.807) is 6.20 Å². The fourth-order valence-corrected chi connectivity index (χ4v) is 1.75. The summed E-state index contributed by atoms with van der Waals surface area (Å²) in [5, 5.41) is 0. The Morgan fingerprint density at radius 2 is 2.43 bits per heavy atom. The van der Waals surface area contributed by atoms with Crippen molar-refractivity contribution in [3.63, 3.8) is 0 Å². The molecule has 14 heavy (non-hydrogen) atoms. The van der Waals surface area contributed by atoms with Crippen LogP contribution in [0.5, 0.6) is 0 Å². The number of aromatic nitrogens is 1. The molecule has 1 unspecified atom stereocenters. The van der Waals surface area contributed by atoms with Crippen LogP contribution in [0.2, 0.25) is 0 Å². The van der Waals surface area contributed by atoms with E-state index in [-0.39, 0.29) is 12.6 Å². The van der Waals surface area contributed by atoms with Gasteiger partial charge in [-0.05, 0) is 18.6 Å². The van der Waals surface area contributed by atoms with Crippen LogP contribution < -0.4 is 10.6 Å². The zero-order valence-electron chi connectivity index (χ0n) is 7.99. The van der Waals surface area contributed by atoms with E-state index < -0.39 is 0 Å². The van der Waals surface area contributed by atoms with Crippen molar-refractivity contribution in [3.05, 3.63) is 18.3 Å². The van der Waals surface area contributed by atoms with E-state index in [1.165, 1.54) is 0 Å². The molecular formula is C10H14FN3. The number of anilines is 2. The maximum absolute atomic E-state index is 12.4. The Bertz CT molecular complexity index is 299. The first-order valence-electron chi connectivity index (χ1n) is 4.82. The van der Waals surface area contributed by atoms with E-state index in [0.29, 0.717) is 5.69 Å². The zero-order valence-corrected chi connectivity index (χ0v) is 7.99. The average molecular weight is 195 g/mol. The molecule has 0 aliphatic carbocycles. The van der Waals surface area contributed by atoms with Gasteiger partial charge in [0.1, 0.15) is 5.82 Å². The molecule has 0 bridgehead atoms. The van der Waals surface area contributed by atoms with E-state index in [1.807, 2.05) is 12.1 Å². The summed E-state index contributed by atoms with van der Waals surface area (Å²) >= 11 is 0. The topological polar surface area (TPSA) is 42.1 Å². The Morgan fingerprint density at radius 3 is 3.00 bits per heavy atom. The minimum Gasteiger partial charge on any atom is -0.397 e. The van der Waals surface area contributed by atoms with Gasteiger partial charge in [-0.15, -0.1) is 0 Å². The number of alkyl halides is 1. The van der Waals surface area contributed by atoms with Gasteiger partial charge in [-0.2, -0.15) is 0 Å². The number of pyridine rings is 1. The molecule has 1 atom stereocenters. The predicted octanol–water partition coefficient (Wildman–Crippen LogP) is 1.46. The van der Waals surface area contributed by atoms with Crippen molar-refractivity contribution in [1.29, 1.82) is 0 Å². The first-order valence-corrected chi connectivity index (χ1v) is 4.82. The molecule has 1 aromatic heterocycles. The summed E-state index contributed by atoms with van der Waals surface area (Å²) in [5.74, 6) is 1.07. The van der Waals surface area contributed by atoms with Crippen molar-refractivity contribution in [3.8, 4) is 0 Å².